The van der Waals surface area contributed by atoms with Crippen molar-refractivity contribution in [2.45, 2.75) is 12.0 Å². The minimum absolute atomic E-state index is 0.318. The number of nitrogens with zero attached hydrogens (tertiary/aromatic N) is 1. The molecule has 1 saturated heterocycles. The second-order valence-corrected chi connectivity index (χ2v) is 4.73. The van der Waals surface area contributed by atoms with Crippen molar-refractivity contribution in [3.63, 3.8) is 0 Å². The first-order valence-corrected chi connectivity index (χ1v) is 6.14. The fraction of sp³-hybridized carbons (Fsp3) is 0.571. The summed E-state index contributed by atoms with van der Waals surface area (Å²) in [5.41, 5.74) is 0.886. The number of hydrogen-bond donors (Lipinski definition) is 0. The Morgan fingerprint density at radius 1 is 1.35 bits per heavy atom. The Bertz CT molecular complexity index is 341. The van der Waals surface area contributed by atoms with E-state index in [2.05, 4.69) is 36.2 Å². The Balaban J connectivity index is 2.30. The molecule has 0 N–H and O–H groups in total. The third-order valence-corrected chi connectivity index (χ3v) is 3.27. The zero-order valence-electron chi connectivity index (χ0n) is 10.7. The molecule has 1 aliphatic heterocycles. The van der Waals surface area contributed by atoms with Gasteiger partial charge in [0.15, 0.2) is 0 Å². The van der Waals surface area contributed by atoms with Gasteiger partial charge in [0, 0.05) is 26.8 Å². The van der Waals surface area contributed by atoms with E-state index in [1.165, 1.54) is 5.56 Å². The maximum absolute atomic E-state index is 6.12. The molecule has 1 heterocycles. The van der Waals surface area contributed by atoms with E-state index in [0.29, 0.717) is 6.61 Å². The molecule has 1 aliphatic rings. The van der Waals surface area contributed by atoms with Crippen molar-refractivity contribution < 1.29 is 9.47 Å². The van der Waals surface area contributed by atoms with Gasteiger partial charge in [-0.3, -0.25) is 0 Å². The Morgan fingerprint density at radius 2 is 2.12 bits per heavy atom. The Hall–Kier alpha value is -0.900. The van der Waals surface area contributed by atoms with Gasteiger partial charge in [-0.1, -0.05) is 30.3 Å². The monoisotopic (exact) mass is 235 g/mol. The molecule has 2 rings (SSSR count). The predicted octanol–water partition coefficient (Wildman–Crippen LogP) is 1.88. The Labute approximate surface area is 103 Å². The van der Waals surface area contributed by atoms with Gasteiger partial charge in [0.05, 0.1) is 6.61 Å². The van der Waals surface area contributed by atoms with Crippen LogP contribution in [0.15, 0.2) is 30.3 Å². The van der Waals surface area contributed by atoms with Crippen LogP contribution < -0.4 is 0 Å². The number of methoxy groups -OCH3 is 1. The second-order valence-electron chi connectivity index (χ2n) is 4.73. The molecule has 1 unspecified atom stereocenters. The van der Waals surface area contributed by atoms with Crippen LogP contribution in [0, 0.1) is 0 Å². The lowest BCUT2D eigenvalue weighted by Crippen LogP contribution is -2.43. The van der Waals surface area contributed by atoms with E-state index in [1.54, 1.807) is 7.11 Å². The summed E-state index contributed by atoms with van der Waals surface area (Å²) in [5, 5.41) is 0. The van der Waals surface area contributed by atoms with Gasteiger partial charge in [-0.2, -0.15) is 0 Å². The zero-order chi connectivity index (χ0) is 12.1. The third-order valence-electron chi connectivity index (χ3n) is 3.27. The first-order valence-electron chi connectivity index (χ1n) is 6.14. The molecular formula is C14H21NO2. The minimum atomic E-state index is -0.318. The molecule has 17 heavy (non-hydrogen) atoms. The van der Waals surface area contributed by atoms with Gasteiger partial charge in [0.2, 0.25) is 0 Å². The van der Waals surface area contributed by atoms with Gasteiger partial charge in [-0.15, -0.1) is 0 Å². The molecular weight excluding hydrogens is 214 g/mol. The average molecular weight is 235 g/mol. The lowest BCUT2D eigenvalue weighted by atomic mass is 9.94. The van der Waals surface area contributed by atoms with E-state index >= 15 is 0 Å². The fourth-order valence-corrected chi connectivity index (χ4v) is 2.48. The van der Waals surface area contributed by atoms with Crippen LogP contribution in [-0.2, 0) is 15.1 Å². The molecule has 1 aromatic rings. The van der Waals surface area contributed by atoms with Crippen molar-refractivity contribution >= 4 is 0 Å². The SMILES string of the molecule is COCC1(c2ccccc2)CN(C)CCCO1. The lowest BCUT2D eigenvalue weighted by molar-refractivity contribution is -0.0938. The highest BCUT2D eigenvalue weighted by atomic mass is 16.5. The van der Waals surface area contributed by atoms with Crippen molar-refractivity contribution in [3.05, 3.63) is 35.9 Å². The van der Waals surface area contributed by atoms with Crippen molar-refractivity contribution in [3.8, 4) is 0 Å². The maximum Gasteiger partial charge on any atom is 0.129 e. The van der Waals surface area contributed by atoms with Crippen molar-refractivity contribution in [1.82, 2.24) is 4.90 Å². The molecule has 3 nitrogen and oxygen atoms in total. The summed E-state index contributed by atoms with van der Waals surface area (Å²) in [6, 6.07) is 10.4. The summed E-state index contributed by atoms with van der Waals surface area (Å²) >= 11 is 0. The summed E-state index contributed by atoms with van der Waals surface area (Å²) in [7, 11) is 3.88. The molecule has 0 aliphatic carbocycles. The molecule has 94 valence electrons. The molecule has 0 bridgehead atoms. The van der Waals surface area contributed by atoms with Crippen LogP contribution in [-0.4, -0.2) is 45.4 Å². The van der Waals surface area contributed by atoms with Gasteiger partial charge in [-0.25, -0.2) is 0 Å². The van der Waals surface area contributed by atoms with E-state index in [1.807, 2.05) is 6.07 Å². The number of rotatable bonds is 3. The van der Waals surface area contributed by atoms with Crippen LogP contribution >= 0.6 is 0 Å². The summed E-state index contributed by atoms with van der Waals surface area (Å²) in [6.45, 7) is 3.35. The van der Waals surface area contributed by atoms with Crippen LogP contribution in [0.4, 0.5) is 0 Å². The van der Waals surface area contributed by atoms with Crippen LogP contribution in [0.2, 0.25) is 0 Å². The van der Waals surface area contributed by atoms with Crippen molar-refractivity contribution in [2.24, 2.45) is 0 Å². The molecule has 0 radical (unpaired) electrons. The zero-order valence-corrected chi connectivity index (χ0v) is 10.7. The largest absolute Gasteiger partial charge is 0.381 e. The molecule has 0 aromatic heterocycles. The van der Waals surface area contributed by atoms with E-state index in [0.717, 1.165) is 26.1 Å². The molecule has 1 aromatic carbocycles. The predicted molar refractivity (Wildman–Crippen MR) is 68.1 cm³/mol. The summed E-state index contributed by atoms with van der Waals surface area (Å²) in [5.74, 6) is 0. The number of benzene rings is 1. The standard InChI is InChI=1S/C14H21NO2/c1-15-9-6-10-17-14(11-15,12-16-2)13-7-4-3-5-8-13/h3-5,7-8H,6,9-12H2,1-2H3. The van der Waals surface area contributed by atoms with Gasteiger partial charge >= 0.3 is 0 Å². The fourth-order valence-electron chi connectivity index (χ4n) is 2.48. The average Bonchev–Trinajstić information content (AvgIpc) is 2.54. The molecule has 0 amide bonds. The number of likely N-dealkylation sites (N-methyl/N-ethyl adjacent to an activating group) is 1. The topological polar surface area (TPSA) is 21.7 Å². The quantitative estimate of drug-likeness (QED) is 0.798. The van der Waals surface area contributed by atoms with E-state index in [-0.39, 0.29) is 5.60 Å². The minimum Gasteiger partial charge on any atom is -0.381 e. The van der Waals surface area contributed by atoms with Crippen molar-refractivity contribution in [1.29, 1.82) is 0 Å². The van der Waals surface area contributed by atoms with Gasteiger partial charge in [0.25, 0.3) is 0 Å². The number of ether oxygens (including phenoxy) is 2. The molecule has 0 spiro atoms. The molecule has 0 saturated carbocycles. The maximum atomic E-state index is 6.12. The highest BCUT2D eigenvalue weighted by molar-refractivity contribution is 5.23. The molecule has 1 fully saturated rings. The molecule has 3 heteroatoms. The van der Waals surface area contributed by atoms with E-state index in [4.69, 9.17) is 9.47 Å². The first-order chi connectivity index (χ1) is 8.27. The first kappa shape index (κ1) is 12.6. The normalized spacial score (nSPS) is 26.7. The van der Waals surface area contributed by atoms with Crippen LogP contribution in [0.3, 0.4) is 0 Å². The van der Waals surface area contributed by atoms with Crippen molar-refractivity contribution in [2.75, 3.05) is 40.5 Å². The molecule has 1 atom stereocenters. The van der Waals surface area contributed by atoms with Crippen LogP contribution in [0.1, 0.15) is 12.0 Å². The Kier molecular flexibility index (Phi) is 4.15. The van der Waals surface area contributed by atoms with Gasteiger partial charge < -0.3 is 14.4 Å². The van der Waals surface area contributed by atoms with Crippen LogP contribution in [0.25, 0.3) is 0 Å². The highest BCUT2D eigenvalue weighted by Crippen LogP contribution is 2.29. The van der Waals surface area contributed by atoms with Crippen LogP contribution in [0.5, 0.6) is 0 Å². The van der Waals surface area contributed by atoms with E-state index in [9.17, 15) is 0 Å². The summed E-state index contributed by atoms with van der Waals surface area (Å²) in [4.78, 5) is 2.32. The van der Waals surface area contributed by atoms with Gasteiger partial charge in [0.1, 0.15) is 5.60 Å². The smallest absolute Gasteiger partial charge is 0.129 e. The summed E-state index contributed by atoms with van der Waals surface area (Å²) in [6.07, 6.45) is 1.08. The highest BCUT2D eigenvalue weighted by Gasteiger charge is 2.36. The van der Waals surface area contributed by atoms with Gasteiger partial charge in [-0.05, 0) is 19.0 Å². The third kappa shape index (κ3) is 2.86. The van der Waals surface area contributed by atoms with E-state index < -0.39 is 0 Å². The Morgan fingerprint density at radius 3 is 2.82 bits per heavy atom. The lowest BCUT2D eigenvalue weighted by Gasteiger charge is -2.34. The second kappa shape index (κ2) is 5.63. The summed E-state index contributed by atoms with van der Waals surface area (Å²) < 4.78 is 11.5. The number of hydrogen-bond acceptors (Lipinski definition) is 3.